The van der Waals surface area contributed by atoms with Gasteiger partial charge in [0.05, 0.1) is 0 Å². The lowest BCUT2D eigenvalue weighted by Crippen LogP contribution is -2.07. The zero-order chi connectivity index (χ0) is 11.1. The molecule has 2 aromatic rings. The van der Waals surface area contributed by atoms with Crippen LogP contribution in [0.2, 0.25) is 0 Å². The average Bonchev–Trinajstić information content (AvgIpc) is 2.69. The van der Waals surface area contributed by atoms with Crippen LogP contribution in [-0.4, -0.2) is 15.2 Å². The molecule has 2 heterocycles. The summed E-state index contributed by atoms with van der Waals surface area (Å²) in [5, 5.41) is 5.19. The molecule has 0 saturated heterocycles. The summed E-state index contributed by atoms with van der Waals surface area (Å²) in [6.07, 6.45) is -4.53. The lowest BCUT2D eigenvalue weighted by Gasteiger charge is -1.97. The molecule has 0 spiro atoms. The molecule has 0 aliphatic carbocycles. The van der Waals surface area contributed by atoms with E-state index in [1.807, 2.05) is 0 Å². The van der Waals surface area contributed by atoms with E-state index in [9.17, 15) is 13.2 Å². The Morgan fingerprint density at radius 2 is 2.07 bits per heavy atom. The molecular weight excluding hydrogens is 279 g/mol. The summed E-state index contributed by atoms with van der Waals surface area (Å²) >= 11 is 3.02. The van der Waals surface area contributed by atoms with Gasteiger partial charge in [-0.3, -0.25) is 5.10 Å². The predicted octanol–water partition coefficient (Wildman–Crippen LogP) is 2.85. The Morgan fingerprint density at radius 3 is 2.53 bits per heavy atom. The summed E-state index contributed by atoms with van der Waals surface area (Å²) in [5.41, 5.74) is 0. The number of rotatable bonds is 1. The van der Waals surface area contributed by atoms with E-state index in [2.05, 4.69) is 26.0 Å². The summed E-state index contributed by atoms with van der Waals surface area (Å²) < 4.78 is 41.8. The van der Waals surface area contributed by atoms with Crippen LogP contribution in [0.25, 0.3) is 11.6 Å². The second-order valence-corrected chi connectivity index (χ2v) is 3.39. The summed E-state index contributed by atoms with van der Waals surface area (Å²) in [6.45, 7) is 0. The quantitative estimate of drug-likeness (QED) is 0.875. The standard InChI is InChI=1S/C7H3BrF3N3O/c8-4-2-1-3(15-4)5-12-6(14-13-5)7(9,10)11/h1-2H,(H,12,13,14). The lowest BCUT2D eigenvalue weighted by molar-refractivity contribution is -0.144. The number of nitrogens with one attached hydrogen (secondary N) is 1. The maximum atomic E-state index is 12.1. The van der Waals surface area contributed by atoms with Crippen LogP contribution in [0.5, 0.6) is 0 Å². The number of aromatic amines is 1. The van der Waals surface area contributed by atoms with Crippen molar-refractivity contribution in [2.24, 2.45) is 0 Å². The number of H-pyrrole nitrogens is 1. The molecule has 0 aliphatic heterocycles. The van der Waals surface area contributed by atoms with E-state index in [0.29, 0.717) is 4.67 Å². The topological polar surface area (TPSA) is 54.7 Å². The number of alkyl halides is 3. The fourth-order valence-corrected chi connectivity index (χ4v) is 1.24. The van der Waals surface area contributed by atoms with Gasteiger partial charge in [0.25, 0.3) is 0 Å². The molecule has 0 saturated carbocycles. The fourth-order valence-electron chi connectivity index (χ4n) is 0.933. The molecule has 0 bridgehead atoms. The van der Waals surface area contributed by atoms with Gasteiger partial charge in [-0.15, -0.1) is 5.10 Å². The highest BCUT2D eigenvalue weighted by Crippen LogP contribution is 2.28. The maximum absolute atomic E-state index is 12.1. The van der Waals surface area contributed by atoms with Crippen molar-refractivity contribution in [2.75, 3.05) is 0 Å². The van der Waals surface area contributed by atoms with Gasteiger partial charge in [0.15, 0.2) is 10.4 Å². The Morgan fingerprint density at radius 1 is 1.33 bits per heavy atom. The van der Waals surface area contributed by atoms with Crippen molar-refractivity contribution >= 4 is 15.9 Å². The minimum Gasteiger partial charge on any atom is -0.446 e. The van der Waals surface area contributed by atoms with Crippen molar-refractivity contribution in [1.29, 1.82) is 0 Å². The molecule has 0 amide bonds. The van der Waals surface area contributed by atoms with Crippen molar-refractivity contribution in [3.63, 3.8) is 0 Å². The molecule has 0 fully saturated rings. The van der Waals surface area contributed by atoms with E-state index in [1.165, 1.54) is 6.07 Å². The molecule has 0 unspecified atom stereocenters. The summed E-state index contributed by atoms with van der Waals surface area (Å²) in [5.74, 6) is -1.12. The second kappa shape index (κ2) is 3.37. The van der Waals surface area contributed by atoms with Crippen molar-refractivity contribution in [3.8, 4) is 11.6 Å². The third-order valence-corrected chi connectivity index (χ3v) is 1.97. The zero-order valence-corrected chi connectivity index (χ0v) is 8.56. The number of aromatic nitrogens is 3. The molecular formula is C7H3BrF3N3O. The number of hydrogen-bond acceptors (Lipinski definition) is 3. The molecule has 0 radical (unpaired) electrons. The number of halogens is 4. The molecule has 0 aliphatic rings. The lowest BCUT2D eigenvalue weighted by atomic mass is 10.4. The average molecular weight is 282 g/mol. The molecule has 80 valence electrons. The first-order chi connectivity index (χ1) is 6.97. The fraction of sp³-hybridized carbons (Fsp3) is 0.143. The Bertz CT molecular complexity index is 476. The Kier molecular flexibility index (Phi) is 2.29. The maximum Gasteiger partial charge on any atom is 0.451 e. The third kappa shape index (κ3) is 2.04. The zero-order valence-electron chi connectivity index (χ0n) is 6.97. The predicted molar refractivity (Wildman–Crippen MR) is 46.8 cm³/mol. The highest BCUT2D eigenvalue weighted by atomic mass is 79.9. The summed E-state index contributed by atoms with van der Waals surface area (Å²) in [7, 11) is 0. The molecule has 8 heteroatoms. The normalized spacial score (nSPS) is 12.0. The molecule has 2 rings (SSSR count). The molecule has 1 N–H and O–H groups in total. The number of furan rings is 1. The van der Waals surface area contributed by atoms with Gasteiger partial charge in [-0.25, -0.2) is 4.98 Å². The van der Waals surface area contributed by atoms with Gasteiger partial charge < -0.3 is 4.42 Å². The largest absolute Gasteiger partial charge is 0.451 e. The first-order valence-electron chi connectivity index (χ1n) is 3.72. The van der Waals surface area contributed by atoms with Crippen LogP contribution < -0.4 is 0 Å². The Balaban J connectivity index is 2.36. The molecule has 2 aromatic heterocycles. The third-order valence-electron chi connectivity index (χ3n) is 1.55. The second-order valence-electron chi connectivity index (χ2n) is 2.61. The minimum absolute atomic E-state index is 0.131. The highest BCUT2D eigenvalue weighted by molar-refractivity contribution is 9.10. The molecule has 4 nitrogen and oxygen atoms in total. The number of hydrogen-bond donors (Lipinski definition) is 1. The molecule has 0 atom stereocenters. The first kappa shape index (κ1) is 10.2. The van der Waals surface area contributed by atoms with Crippen molar-refractivity contribution in [1.82, 2.24) is 15.2 Å². The van der Waals surface area contributed by atoms with Gasteiger partial charge in [-0.05, 0) is 28.1 Å². The van der Waals surface area contributed by atoms with Crippen LogP contribution in [0.3, 0.4) is 0 Å². The Hall–Kier alpha value is -1.31. The monoisotopic (exact) mass is 281 g/mol. The van der Waals surface area contributed by atoms with Crippen LogP contribution in [0.15, 0.2) is 21.2 Å². The summed E-state index contributed by atoms with van der Waals surface area (Å²) in [6, 6.07) is 3.01. The van der Waals surface area contributed by atoms with Gasteiger partial charge in [0.1, 0.15) is 0 Å². The van der Waals surface area contributed by atoms with Crippen LogP contribution in [0, 0.1) is 0 Å². The molecule has 15 heavy (non-hydrogen) atoms. The SMILES string of the molecule is FC(F)(F)c1nc(-c2ccc(Br)o2)n[nH]1. The van der Waals surface area contributed by atoms with Crippen molar-refractivity contribution < 1.29 is 17.6 Å². The van der Waals surface area contributed by atoms with E-state index in [-0.39, 0.29) is 11.6 Å². The van der Waals surface area contributed by atoms with E-state index in [4.69, 9.17) is 4.42 Å². The van der Waals surface area contributed by atoms with E-state index < -0.39 is 12.0 Å². The number of nitrogens with zero attached hydrogens (tertiary/aromatic N) is 2. The highest BCUT2D eigenvalue weighted by Gasteiger charge is 2.35. The Labute approximate surface area is 89.6 Å². The van der Waals surface area contributed by atoms with Gasteiger partial charge in [0, 0.05) is 0 Å². The van der Waals surface area contributed by atoms with Gasteiger partial charge in [0.2, 0.25) is 11.6 Å². The van der Waals surface area contributed by atoms with Crippen LogP contribution in [-0.2, 0) is 6.18 Å². The van der Waals surface area contributed by atoms with Gasteiger partial charge in [-0.2, -0.15) is 13.2 Å². The van der Waals surface area contributed by atoms with E-state index in [0.717, 1.165) is 0 Å². The van der Waals surface area contributed by atoms with Crippen LogP contribution in [0.4, 0.5) is 13.2 Å². The van der Waals surface area contributed by atoms with Crippen LogP contribution in [0.1, 0.15) is 5.82 Å². The van der Waals surface area contributed by atoms with Gasteiger partial charge in [-0.1, -0.05) is 0 Å². The minimum atomic E-state index is -4.53. The van der Waals surface area contributed by atoms with Crippen LogP contribution >= 0.6 is 15.9 Å². The van der Waals surface area contributed by atoms with Gasteiger partial charge >= 0.3 is 6.18 Å². The van der Waals surface area contributed by atoms with E-state index in [1.54, 1.807) is 11.2 Å². The van der Waals surface area contributed by atoms with Crippen molar-refractivity contribution in [3.05, 3.63) is 22.6 Å². The molecule has 0 aromatic carbocycles. The summed E-state index contributed by atoms with van der Waals surface area (Å²) in [4.78, 5) is 3.26. The smallest absolute Gasteiger partial charge is 0.446 e. The first-order valence-corrected chi connectivity index (χ1v) is 4.51. The van der Waals surface area contributed by atoms with Crippen molar-refractivity contribution in [2.45, 2.75) is 6.18 Å². The van der Waals surface area contributed by atoms with E-state index >= 15 is 0 Å².